The SMILES string of the molecule is CON(C)CC1CNCCO1. The molecule has 1 fully saturated rings. The molecule has 0 aromatic carbocycles. The molecule has 0 aromatic heterocycles. The summed E-state index contributed by atoms with van der Waals surface area (Å²) in [5, 5.41) is 5.03. The molecule has 4 nitrogen and oxygen atoms in total. The molecule has 0 spiro atoms. The van der Waals surface area contributed by atoms with Gasteiger partial charge in [0.05, 0.1) is 26.4 Å². The van der Waals surface area contributed by atoms with Crippen molar-refractivity contribution in [1.29, 1.82) is 0 Å². The van der Waals surface area contributed by atoms with Crippen LogP contribution in [-0.2, 0) is 9.57 Å². The molecule has 1 unspecified atom stereocenters. The van der Waals surface area contributed by atoms with Gasteiger partial charge in [0, 0.05) is 20.1 Å². The molecule has 0 bridgehead atoms. The summed E-state index contributed by atoms with van der Waals surface area (Å²) in [4.78, 5) is 4.98. The van der Waals surface area contributed by atoms with Crippen molar-refractivity contribution in [2.45, 2.75) is 6.10 Å². The lowest BCUT2D eigenvalue weighted by molar-refractivity contribution is -0.138. The van der Waals surface area contributed by atoms with Gasteiger partial charge in [-0.25, -0.2) is 0 Å². The fraction of sp³-hybridized carbons (Fsp3) is 1.00. The monoisotopic (exact) mass is 160 g/mol. The van der Waals surface area contributed by atoms with Crippen LogP contribution in [0.3, 0.4) is 0 Å². The molecule has 1 heterocycles. The van der Waals surface area contributed by atoms with Crippen LogP contribution in [0.5, 0.6) is 0 Å². The molecule has 0 saturated carbocycles. The Kier molecular flexibility index (Phi) is 3.79. The Morgan fingerprint density at radius 2 is 2.55 bits per heavy atom. The third kappa shape index (κ3) is 3.16. The van der Waals surface area contributed by atoms with E-state index in [2.05, 4.69) is 5.32 Å². The van der Waals surface area contributed by atoms with E-state index < -0.39 is 0 Å². The van der Waals surface area contributed by atoms with Gasteiger partial charge in [-0.2, -0.15) is 5.06 Å². The molecule has 0 aliphatic carbocycles. The molecule has 1 atom stereocenters. The molecule has 1 saturated heterocycles. The third-order valence-electron chi connectivity index (χ3n) is 1.78. The minimum absolute atomic E-state index is 0.272. The summed E-state index contributed by atoms with van der Waals surface area (Å²) in [5.74, 6) is 0. The first-order valence-electron chi connectivity index (χ1n) is 3.90. The standard InChI is InChI=1S/C7H16N2O2/c1-9(10-2)6-7-5-8-3-4-11-7/h7-8H,3-6H2,1-2H3. The molecule has 0 aromatic rings. The third-order valence-corrected chi connectivity index (χ3v) is 1.78. The van der Waals surface area contributed by atoms with Gasteiger partial charge >= 0.3 is 0 Å². The van der Waals surface area contributed by atoms with Crippen LogP contribution >= 0.6 is 0 Å². The van der Waals surface area contributed by atoms with Gasteiger partial charge in [0.15, 0.2) is 0 Å². The fourth-order valence-electron chi connectivity index (χ4n) is 1.10. The lowest BCUT2D eigenvalue weighted by Crippen LogP contribution is -2.44. The van der Waals surface area contributed by atoms with Crippen LogP contribution in [-0.4, -0.2) is 51.6 Å². The van der Waals surface area contributed by atoms with Crippen molar-refractivity contribution < 1.29 is 9.57 Å². The summed E-state index contributed by atoms with van der Waals surface area (Å²) < 4.78 is 5.47. The molecular weight excluding hydrogens is 144 g/mol. The molecule has 1 N–H and O–H groups in total. The van der Waals surface area contributed by atoms with Crippen LogP contribution in [0.2, 0.25) is 0 Å². The summed E-state index contributed by atoms with van der Waals surface area (Å²) in [5.41, 5.74) is 0. The predicted octanol–water partition coefficient (Wildman–Crippen LogP) is -0.532. The average molecular weight is 160 g/mol. The van der Waals surface area contributed by atoms with Crippen LogP contribution in [0, 0.1) is 0 Å². The average Bonchev–Trinajstić information content (AvgIpc) is 2.06. The summed E-state index contributed by atoms with van der Waals surface area (Å²) in [6, 6.07) is 0. The van der Waals surface area contributed by atoms with E-state index in [4.69, 9.17) is 9.57 Å². The van der Waals surface area contributed by atoms with E-state index in [9.17, 15) is 0 Å². The zero-order chi connectivity index (χ0) is 8.10. The number of ether oxygens (including phenoxy) is 1. The van der Waals surface area contributed by atoms with Gasteiger partial charge in [0.25, 0.3) is 0 Å². The number of rotatable bonds is 3. The maximum atomic E-state index is 5.47. The van der Waals surface area contributed by atoms with Crippen molar-refractivity contribution in [3.05, 3.63) is 0 Å². The first-order chi connectivity index (χ1) is 5.33. The lowest BCUT2D eigenvalue weighted by Gasteiger charge is -2.26. The summed E-state index contributed by atoms with van der Waals surface area (Å²) in [6.45, 7) is 3.52. The maximum Gasteiger partial charge on any atom is 0.0849 e. The number of likely N-dealkylation sites (N-methyl/N-ethyl adjacent to an activating group) is 1. The molecule has 0 radical (unpaired) electrons. The Morgan fingerprint density at radius 3 is 3.09 bits per heavy atom. The lowest BCUT2D eigenvalue weighted by atomic mass is 10.3. The van der Waals surface area contributed by atoms with E-state index in [0.717, 1.165) is 26.2 Å². The fourth-order valence-corrected chi connectivity index (χ4v) is 1.10. The van der Waals surface area contributed by atoms with Crippen molar-refractivity contribution >= 4 is 0 Å². The van der Waals surface area contributed by atoms with Gasteiger partial charge in [-0.3, -0.25) is 0 Å². The van der Waals surface area contributed by atoms with Gasteiger partial charge in [-0.15, -0.1) is 0 Å². The van der Waals surface area contributed by atoms with E-state index in [-0.39, 0.29) is 6.10 Å². The molecule has 1 rings (SSSR count). The highest BCUT2D eigenvalue weighted by Crippen LogP contribution is 1.97. The van der Waals surface area contributed by atoms with Crippen molar-refractivity contribution in [1.82, 2.24) is 10.4 Å². The smallest absolute Gasteiger partial charge is 0.0849 e. The first-order valence-corrected chi connectivity index (χ1v) is 3.90. The zero-order valence-electron chi connectivity index (χ0n) is 7.17. The molecular formula is C7H16N2O2. The van der Waals surface area contributed by atoms with Crippen LogP contribution in [0.4, 0.5) is 0 Å². The molecule has 1 aliphatic rings. The summed E-state index contributed by atoms with van der Waals surface area (Å²) >= 11 is 0. The van der Waals surface area contributed by atoms with Crippen molar-refractivity contribution in [2.75, 3.05) is 40.4 Å². The van der Waals surface area contributed by atoms with Crippen LogP contribution in [0.25, 0.3) is 0 Å². The minimum Gasteiger partial charge on any atom is -0.374 e. The van der Waals surface area contributed by atoms with Crippen LogP contribution < -0.4 is 5.32 Å². The topological polar surface area (TPSA) is 33.7 Å². The first kappa shape index (κ1) is 8.93. The highest BCUT2D eigenvalue weighted by atomic mass is 16.7. The van der Waals surface area contributed by atoms with Crippen molar-refractivity contribution in [3.63, 3.8) is 0 Å². The Morgan fingerprint density at radius 1 is 1.73 bits per heavy atom. The van der Waals surface area contributed by atoms with Gasteiger partial charge in [0.1, 0.15) is 0 Å². The second kappa shape index (κ2) is 4.66. The quantitative estimate of drug-likeness (QED) is 0.563. The number of morpholine rings is 1. The van der Waals surface area contributed by atoms with Gasteiger partial charge in [-0.1, -0.05) is 0 Å². The zero-order valence-corrected chi connectivity index (χ0v) is 7.17. The van der Waals surface area contributed by atoms with E-state index >= 15 is 0 Å². The largest absolute Gasteiger partial charge is 0.374 e. The highest BCUT2D eigenvalue weighted by molar-refractivity contribution is 4.67. The number of hydrogen-bond acceptors (Lipinski definition) is 4. The predicted molar refractivity (Wildman–Crippen MR) is 42.2 cm³/mol. The molecule has 4 heteroatoms. The number of hydroxylamine groups is 2. The maximum absolute atomic E-state index is 5.47. The Labute approximate surface area is 67.4 Å². The normalized spacial score (nSPS) is 25.9. The van der Waals surface area contributed by atoms with Crippen LogP contribution in [0.15, 0.2) is 0 Å². The van der Waals surface area contributed by atoms with E-state index in [1.54, 1.807) is 12.2 Å². The molecule has 0 amide bonds. The van der Waals surface area contributed by atoms with E-state index in [0.29, 0.717) is 0 Å². The van der Waals surface area contributed by atoms with E-state index in [1.807, 2.05) is 7.05 Å². The van der Waals surface area contributed by atoms with Crippen molar-refractivity contribution in [3.8, 4) is 0 Å². The summed E-state index contributed by atoms with van der Waals surface area (Å²) in [6.07, 6.45) is 0.272. The molecule has 1 aliphatic heterocycles. The molecule has 66 valence electrons. The highest BCUT2D eigenvalue weighted by Gasteiger charge is 2.14. The van der Waals surface area contributed by atoms with Gasteiger partial charge in [-0.05, 0) is 0 Å². The Bertz CT molecular complexity index is 105. The van der Waals surface area contributed by atoms with Gasteiger partial charge < -0.3 is 14.9 Å². The van der Waals surface area contributed by atoms with Gasteiger partial charge in [0.2, 0.25) is 0 Å². The van der Waals surface area contributed by atoms with Crippen molar-refractivity contribution in [2.24, 2.45) is 0 Å². The van der Waals surface area contributed by atoms with E-state index in [1.165, 1.54) is 0 Å². The Hall–Kier alpha value is -0.160. The second-order valence-corrected chi connectivity index (χ2v) is 2.69. The minimum atomic E-state index is 0.272. The second-order valence-electron chi connectivity index (χ2n) is 2.69. The number of hydrogen-bond donors (Lipinski definition) is 1. The number of nitrogens with one attached hydrogen (secondary N) is 1. The number of nitrogens with zero attached hydrogens (tertiary/aromatic N) is 1. The molecule has 11 heavy (non-hydrogen) atoms. The summed E-state index contributed by atoms with van der Waals surface area (Å²) in [7, 11) is 3.56. The van der Waals surface area contributed by atoms with Crippen LogP contribution in [0.1, 0.15) is 0 Å². The Balaban J connectivity index is 2.13.